The Morgan fingerprint density at radius 3 is 2.79 bits per heavy atom. The van der Waals surface area contributed by atoms with Crippen LogP contribution in [-0.2, 0) is 16.1 Å². The zero-order chi connectivity index (χ0) is 13.9. The summed E-state index contributed by atoms with van der Waals surface area (Å²) >= 11 is 0. The van der Waals surface area contributed by atoms with Gasteiger partial charge in [0.15, 0.2) is 0 Å². The Labute approximate surface area is 111 Å². The summed E-state index contributed by atoms with van der Waals surface area (Å²) in [5.41, 5.74) is -0.109. The van der Waals surface area contributed by atoms with E-state index in [-0.39, 0.29) is 23.7 Å². The number of aromatic nitrogens is 1. The molecule has 1 aliphatic carbocycles. The zero-order valence-electron chi connectivity index (χ0n) is 10.9. The predicted octanol–water partition coefficient (Wildman–Crippen LogP) is 0.872. The molecular formula is C13H18N2O4. The van der Waals surface area contributed by atoms with E-state index in [0.717, 1.165) is 19.3 Å². The van der Waals surface area contributed by atoms with E-state index < -0.39 is 5.97 Å². The number of carboxylic acids is 1. The third-order valence-corrected chi connectivity index (χ3v) is 3.67. The summed E-state index contributed by atoms with van der Waals surface area (Å²) in [5, 5.41) is 11.7. The van der Waals surface area contributed by atoms with Crippen LogP contribution in [0.3, 0.4) is 0 Å². The molecular weight excluding hydrogens is 248 g/mol. The zero-order valence-corrected chi connectivity index (χ0v) is 10.9. The SMILES string of the molecule is COC1(CNC(=O)Cn2cccc2C(=O)O)CCC1. The minimum Gasteiger partial charge on any atom is -0.477 e. The molecule has 1 heterocycles. The summed E-state index contributed by atoms with van der Waals surface area (Å²) in [4.78, 5) is 22.7. The van der Waals surface area contributed by atoms with Gasteiger partial charge in [-0.1, -0.05) is 0 Å². The number of rotatable bonds is 6. The van der Waals surface area contributed by atoms with E-state index in [0.29, 0.717) is 6.54 Å². The average Bonchev–Trinajstić information content (AvgIpc) is 2.76. The standard InChI is InChI=1S/C13H18N2O4/c1-19-13(5-3-6-13)9-14-11(16)8-15-7-2-4-10(15)12(17)18/h2,4,7H,3,5-6,8-9H2,1H3,(H,14,16)(H,17,18). The number of hydrogen-bond acceptors (Lipinski definition) is 3. The quantitative estimate of drug-likeness (QED) is 0.800. The molecule has 1 aromatic rings. The highest BCUT2D eigenvalue weighted by Gasteiger charge is 2.37. The largest absolute Gasteiger partial charge is 0.477 e. The first-order valence-electron chi connectivity index (χ1n) is 6.27. The summed E-state index contributed by atoms with van der Waals surface area (Å²) in [6.07, 6.45) is 4.60. The lowest BCUT2D eigenvalue weighted by Gasteiger charge is -2.40. The van der Waals surface area contributed by atoms with Crippen molar-refractivity contribution < 1.29 is 19.4 Å². The van der Waals surface area contributed by atoms with Gasteiger partial charge in [-0.25, -0.2) is 4.79 Å². The smallest absolute Gasteiger partial charge is 0.352 e. The van der Waals surface area contributed by atoms with Gasteiger partial charge in [-0.3, -0.25) is 4.79 Å². The monoisotopic (exact) mass is 266 g/mol. The molecule has 104 valence electrons. The number of ether oxygens (including phenoxy) is 1. The topological polar surface area (TPSA) is 80.6 Å². The summed E-state index contributed by atoms with van der Waals surface area (Å²) < 4.78 is 6.82. The van der Waals surface area contributed by atoms with E-state index in [2.05, 4.69) is 5.32 Å². The second kappa shape index (κ2) is 5.44. The number of carboxylic acid groups (broad SMARTS) is 1. The predicted molar refractivity (Wildman–Crippen MR) is 68.0 cm³/mol. The van der Waals surface area contributed by atoms with Gasteiger partial charge in [0.2, 0.25) is 5.91 Å². The van der Waals surface area contributed by atoms with E-state index >= 15 is 0 Å². The Bertz CT molecular complexity index is 471. The van der Waals surface area contributed by atoms with Crippen LogP contribution >= 0.6 is 0 Å². The Kier molecular flexibility index (Phi) is 3.90. The number of aromatic carboxylic acids is 1. The lowest BCUT2D eigenvalue weighted by Crippen LogP contribution is -2.49. The maximum Gasteiger partial charge on any atom is 0.352 e. The van der Waals surface area contributed by atoms with Gasteiger partial charge in [-0.2, -0.15) is 0 Å². The van der Waals surface area contributed by atoms with E-state index in [1.807, 2.05) is 0 Å². The third kappa shape index (κ3) is 2.96. The number of hydrogen-bond donors (Lipinski definition) is 2. The lowest BCUT2D eigenvalue weighted by molar-refractivity contribution is -0.125. The van der Waals surface area contributed by atoms with Crippen LogP contribution in [0.15, 0.2) is 18.3 Å². The minimum atomic E-state index is -1.04. The van der Waals surface area contributed by atoms with Gasteiger partial charge in [-0.05, 0) is 31.4 Å². The Balaban J connectivity index is 1.87. The van der Waals surface area contributed by atoms with Crippen LogP contribution in [0.4, 0.5) is 0 Å². The third-order valence-electron chi connectivity index (χ3n) is 3.67. The van der Waals surface area contributed by atoms with Crippen LogP contribution in [0.2, 0.25) is 0 Å². The molecule has 6 heteroatoms. The maximum atomic E-state index is 11.8. The van der Waals surface area contributed by atoms with Crippen molar-refractivity contribution in [3.8, 4) is 0 Å². The average molecular weight is 266 g/mol. The number of carbonyl (C=O) groups excluding carboxylic acids is 1. The summed E-state index contributed by atoms with van der Waals surface area (Å²) in [6, 6.07) is 3.08. The molecule has 1 fully saturated rings. The molecule has 0 unspecified atom stereocenters. The van der Waals surface area contributed by atoms with Crippen molar-refractivity contribution in [2.24, 2.45) is 0 Å². The van der Waals surface area contributed by atoms with Crippen molar-refractivity contribution in [1.82, 2.24) is 9.88 Å². The Morgan fingerprint density at radius 1 is 1.53 bits per heavy atom. The highest BCUT2D eigenvalue weighted by molar-refractivity contribution is 5.86. The normalized spacial score (nSPS) is 16.7. The van der Waals surface area contributed by atoms with Gasteiger partial charge in [0.25, 0.3) is 0 Å². The Morgan fingerprint density at radius 2 is 2.26 bits per heavy atom. The molecule has 1 aromatic heterocycles. The summed E-state index contributed by atoms with van der Waals surface area (Å²) in [6.45, 7) is 0.487. The van der Waals surface area contributed by atoms with Gasteiger partial charge in [-0.15, -0.1) is 0 Å². The summed E-state index contributed by atoms with van der Waals surface area (Å²) in [7, 11) is 1.65. The number of methoxy groups -OCH3 is 1. The van der Waals surface area contributed by atoms with Crippen LogP contribution in [0, 0.1) is 0 Å². The van der Waals surface area contributed by atoms with E-state index in [4.69, 9.17) is 9.84 Å². The van der Waals surface area contributed by atoms with Crippen molar-refractivity contribution in [3.63, 3.8) is 0 Å². The van der Waals surface area contributed by atoms with Gasteiger partial charge in [0.05, 0.1) is 5.60 Å². The second-order valence-electron chi connectivity index (χ2n) is 4.84. The number of nitrogens with zero attached hydrogens (tertiary/aromatic N) is 1. The van der Waals surface area contributed by atoms with Crippen LogP contribution < -0.4 is 5.32 Å². The van der Waals surface area contributed by atoms with Crippen LogP contribution in [0.1, 0.15) is 29.8 Å². The van der Waals surface area contributed by atoms with E-state index in [9.17, 15) is 9.59 Å². The highest BCUT2D eigenvalue weighted by Crippen LogP contribution is 2.34. The number of carbonyl (C=O) groups is 2. The molecule has 1 aliphatic rings. The Hall–Kier alpha value is -1.82. The molecule has 6 nitrogen and oxygen atoms in total. The van der Waals surface area contributed by atoms with Gasteiger partial charge in [0, 0.05) is 19.9 Å². The molecule has 0 aliphatic heterocycles. The minimum absolute atomic E-state index is 0.00836. The second-order valence-corrected chi connectivity index (χ2v) is 4.84. The first kappa shape index (κ1) is 13.6. The number of amides is 1. The maximum absolute atomic E-state index is 11.8. The van der Waals surface area contributed by atoms with E-state index in [1.54, 1.807) is 19.4 Å². The van der Waals surface area contributed by atoms with Crippen molar-refractivity contribution >= 4 is 11.9 Å². The highest BCUT2D eigenvalue weighted by atomic mass is 16.5. The van der Waals surface area contributed by atoms with Crippen molar-refractivity contribution in [2.45, 2.75) is 31.4 Å². The first-order chi connectivity index (χ1) is 9.06. The fourth-order valence-electron chi connectivity index (χ4n) is 2.24. The molecule has 2 N–H and O–H groups in total. The van der Waals surface area contributed by atoms with Crippen LogP contribution in [0.5, 0.6) is 0 Å². The fraction of sp³-hybridized carbons (Fsp3) is 0.538. The molecule has 0 radical (unpaired) electrons. The molecule has 19 heavy (non-hydrogen) atoms. The van der Waals surface area contributed by atoms with Crippen LogP contribution in [0.25, 0.3) is 0 Å². The molecule has 0 atom stereocenters. The van der Waals surface area contributed by atoms with Crippen LogP contribution in [-0.4, -0.2) is 40.8 Å². The van der Waals surface area contributed by atoms with E-state index in [1.165, 1.54) is 10.6 Å². The molecule has 0 saturated heterocycles. The van der Waals surface area contributed by atoms with Gasteiger partial charge < -0.3 is 19.7 Å². The summed E-state index contributed by atoms with van der Waals surface area (Å²) in [5.74, 6) is -1.24. The van der Waals surface area contributed by atoms with Crippen molar-refractivity contribution in [1.29, 1.82) is 0 Å². The molecule has 0 bridgehead atoms. The molecule has 1 amide bonds. The molecule has 0 spiro atoms. The van der Waals surface area contributed by atoms with Crippen molar-refractivity contribution in [3.05, 3.63) is 24.0 Å². The fourth-order valence-corrected chi connectivity index (χ4v) is 2.24. The van der Waals surface area contributed by atoms with Crippen molar-refractivity contribution in [2.75, 3.05) is 13.7 Å². The molecule has 1 saturated carbocycles. The van der Waals surface area contributed by atoms with Gasteiger partial charge in [0.1, 0.15) is 12.2 Å². The molecule has 0 aromatic carbocycles. The van der Waals surface area contributed by atoms with Gasteiger partial charge >= 0.3 is 5.97 Å². The first-order valence-corrected chi connectivity index (χ1v) is 6.27. The lowest BCUT2D eigenvalue weighted by atomic mass is 9.80. The number of nitrogens with one attached hydrogen (secondary N) is 1. The molecule has 2 rings (SSSR count).